The molecule has 118 valence electrons. The number of aryl methyl sites for hydroxylation is 2. The largest absolute Gasteiger partial charge is 0.326 e. The molecule has 2 rings (SSSR count). The van der Waals surface area contributed by atoms with Crippen LogP contribution in [0.4, 0.5) is 0 Å². The third kappa shape index (κ3) is 3.00. The standard InChI is InChI=1S/C16H26N2O2S/c1-11-6-5-7-18(14(11)4)21(19,20)16-9-15(10-17)12(2)8-13(16)3/h8-9,11,14H,5-7,10,17H2,1-4H3. The van der Waals surface area contributed by atoms with Crippen LogP contribution in [0.5, 0.6) is 0 Å². The van der Waals surface area contributed by atoms with Crippen LogP contribution in [0.25, 0.3) is 0 Å². The van der Waals surface area contributed by atoms with Gasteiger partial charge in [-0.2, -0.15) is 4.31 Å². The number of piperidine rings is 1. The zero-order valence-corrected chi connectivity index (χ0v) is 14.2. The minimum absolute atomic E-state index is 0.0470. The summed E-state index contributed by atoms with van der Waals surface area (Å²) in [6.45, 7) is 8.93. The third-order valence-corrected chi connectivity index (χ3v) is 6.88. The second kappa shape index (κ2) is 6.07. The van der Waals surface area contributed by atoms with E-state index < -0.39 is 10.0 Å². The first-order valence-corrected chi connectivity index (χ1v) is 9.05. The van der Waals surface area contributed by atoms with Gasteiger partial charge >= 0.3 is 0 Å². The van der Waals surface area contributed by atoms with Gasteiger partial charge in [0.05, 0.1) is 4.90 Å². The van der Waals surface area contributed by atoms with Crippen molar-refractivity contribution in [2.75, 3.05) is 6.54 Å². The van der Waals surface area contributed by atoms with Gasteiger partial charge in [0, 0.05) is 19.1 Å². The highest BCUT2D eigenvalue weighted by Gasteiger charge is 2.35. The zero-order valence-electron chi connectivity index (χ0n) is 13.4. The number of nitrogens with zero attached hydrogens (tertiary/aromatic N) is 1. The molecule has 21 heavy (non-hydrogen) atoms. The summed E-state index contributed by atoms with van der Waals surface area (Å²) in [6, 6.07) is 3.73. The van der Waals surface area contributed by atoms with Crippen LogP contribution in [0.15, 0.2) is 17.0 Å². The molecule has 0 saturated carbocycles. The highest BCUT2D eigenvalue weighted by Crippen LogP contribution is 2.31. The second-order valence-electron chi connectivity index (χ2n) is 6.22. The molecule has 2 N–H and O–H groups in total. The van der Waals surface area contributed by atoms with Crippen LogP contribution in [0.2, 0.25) is 0 Å². The predicted octanol–water partition coefficient (Wildman–Crippen LogP) is 2.57. The van der Waals surface area contributed by atoms with Gasteiger partial charge in [0.25, 0.3) is 0 Å². The monoisotopic (exact) mass is 310 g/mol. The van der Waals surface area contributed by atoms with E-state index in [-0.39, 0.29) is 6.04 Å². The summed E-state index contributed by atoms with van der Waals surface area (Å²) in [5.74, 6) is 0.397. The first kappa shape index (κ1) is 16.5. The maximum Gasteiger partial charge on any atom is 0.243 e. The van der Waals surface area contributed by atoms with Crippen LogP contribution in [0, 0.1) is 19.8 Å². The molecular weight excluding hydrogens is 284 g/mol. The van der Waals surface area contributed by atoms with Gasteiger partial charge in [-0.15, -0.1) is 0 Å². The highest BCUT2D eigenvalue weighted by atomic mass is 32.2. The van der Waals surface area contributed by atoms with E-state index in [1.807, 2.05) is 26.8 Å². The van der Waals surface area contributed by atoms with Crippen LogP contribution in [0.3, 0.4) is 0 Å². The molecule has 0 spiro atoms. The molecule has 2 atom stereocenters. The lowest BCUT2D eigenvalue weighted by Crippen LogP contribution is -2.46. The molecule has 2 unspecified atom stereocenters. The summed E-state index contributed by atoms with van der Waals surface area (Å²) >= 11 is 0. The molecule has 1 aliphatic rings. The Morgan fingerprint density at radius 3 is 2.52 bits per heavy atom. The van der Waals surface area contributed by atoms with Crippen molar-refractivity contribution in [2.45, 2.75) is 58.0 Å². The smallest absolute Gasteiger partial charge is 0.243 e. The number of benzene rings is 1. The quantitative estimate of drug-likeness (QED) is 0.933. The Kier molecular flexibility index (Phi) is 4.76. The van der Waals surface area contributed by atoms with Crippen LogP contribution in [-0.4, -0.2) is 25.3 Å². The van der Waals surface area contributed by atoms with E-state index >= 15 is 0 Å². The molecular formula is C16H26N2O2S. The topological polar surface area (TPSA) is 63.4 Å². The molecule has 1 aromatic rings. The zero-order chi connectivity index (χ0) is 15.8. The van der Waals surface area contributed by atoms with Gasteiger partial charge in [-0.25, -0.2) is 8.42 Å². The van der Waals surface area contributed by atoms with Gasteiger partial charge in [-0.05, 0) is 62.3 Å². The molecule has 1 saturated heterocycles. The minimum Gasteiger partial charge on any atom is -0.326 e. The van der Waals surface area contributed by atoms with Crippen molar-refractivity contribution in [3.8, 4) is 0 Å². The molecule has 0 radical (unpaired) electrons. The van der Waals surface area contributed by atoms with Gasteiger partial charge in [-0.3, -0.25) is 0 Å². The molecule has 5 heteroatoms. The normalized spacial score (nSPS) is 24.2. The first-order valence-electron chi connectivity index (χ1n) is 7.61. The summed E-state index contributed by atoms with van der Waals surface area (Å²) < 4.78 is 27.7. The Hall–Kier alpha value is -0.910. The van der Waals surface area contributed by atoms with E-state index in [4.69, 9.17) is 5.73 Å². The van der Waals surface area contributed by atoms with Gasteiger partial charge in [0.1, 0.15) is 0 Å². The van der Waals surface area contributed by atoms with Crippen molar-refractivity contribution in [3.63, 3.8) is 0 Å². The lowest BCUT2D eigenvalue weighted by Gasteiger charge is -2.37. The molecule has 4 nitrogen and oxygen atoms in total. The molecule has 1 aromatic carbocycles. The maximum absolute atomic E-state index is 13.0. The SMILES string of the molecule is Cc1cc(C)c(S(=O)(=O)N2CCCC(C)C2C)cc1CN. The Labute approximate surface area is 128 Å². The molecule has 1 aliphatic heterocycles. The summed E-state index contributed by atoms with van der Waals surface area (Å²) in [6.07, 6.45) is 2.02. The third-order valence-electron chi connectivity index (χ3n) is 4.76. The lowest BCUT2D eigenvalue weighted by atomic mass is 9.94. The Morgan fingerprint density at radius 2 is 1.90 bits per heavy atom. The second-order valence-corrected chi connectivity index (χ2v) is 8.08. The van der Waals surface area contributed by atoms with Crippen molar-refractivity contribution in [1.29, 1.82) is 0 Å². The van der Waals surface area contributed by atoms with E-state index in [0.29, 0.717) is 23.9 Å². The Bertz CT molecular complexity index is 625. The van der Waals surface area contributed by atoms with E-state index in [2.05, 4.69) is 6.92 Å². The van der Waals surface area contributed by atoms with E-state index in [1.54, 1.807) is 10.4 Å². The maximum atomic E-state index is 13.0. The molecule has 1 heterocycles. The summed E-state index contributed by atoms with van der Waals surface area (Å²) in [7, 11) is -3.45. The van der Waals surface area contributed by atoms with Crippen LogP contribution in [-0.2, 0) is 16.6 Å². The van der Waals surface area contributed by atoms with Crippen LogP contribution >= 0.6 is 0 Å². The number of hydrogen-bond donors (Lipinski definition) is 1. The fourth-order valence-electron chi connectivity index (χ4n) is 3.14. The van der Waals surface area contributed by atoms with Crippen molar-refractivity contribution in [2.24, 2.45) is 11.7 Å². The van der Waals surface area contributed by atoms with Gasteiger partial charge < -0.3 is 5.73 Å². The average Bonchev–Trinajstić information content (AvgIpc) is 2.41. The molecule has 0 amide bonds. The van der Waals surface area contributed by atoms with Crippen molar-refractivity contribution < 1.29 is 8.42 Å². The first-order chi connectivity index (χ1) is 9.78. The van der Waals surface area contributed by atoms with E-state index in [0.717, 1.165) is 29.5 Å². The lowest BCUT2D eigenvalue weighted by molar-refractivity contribution is 0.202. The number of rotatable bonds is 3. The molecule has 0 aromatic heterocycles. The summed E-state index contributed by atoms with van der Waals surface area (Å²) in [4.78, 5) is 0.412. The number of nitrogens with two attached hydrogens (primary N) is 1. The molecule has 1 fully saturated rings. The number of hydrogen-bond acceptors (Lipinski definition) is 3. The molecule has 0 aliphatic carbocycles. The fourth-order valence-corrected chi connectivity index (χ4v) is 5.16. The Balaban J connectivity index is 2.49. The van der Waals surface area contributed by atoms with E-state index in [1.165, 1.54) is 0 Å². The fraction of sp³-hybridized carbons (Fsp3) is 0.625. The Morgan fingerprint density at radius 1 is 1.24 bits per heavy atom. The van der Waals surface area contributed by atoms with Crippen molar-refractivity contribution >= 4 is 10.0 Å². The predicted molar refractivity (Wildman–Crippen MR) is 85.6 cm³/mol. The minimum atomic E-state index is -3.45. The van der Waals surface area contributed by atoms with Gasteiger partial charge in [0.15, 0.2) is 0 Å². The summed E-state index contributed by atoms with van der Waals surface area (Å²) in [5.41, 5.74) is 8.48. The van der Waals surface area contributed by atoms with Crippen molar-refractivity contribution in [1.82, 2.24) is 4.31 Å². The average molecular weight is 310 g/mol. The molecule has 0 bridgehead atoms. The summed E-state index contributed by atoms with van der Waals surface area (Å²) in [5, 5.41) is 0. The highest BCUT2D eigenvalue weighted by molar-refractivity contribution is 7.89. The van der Waals surface area contributed by atoms with Gasteiger partial charge in [-0.1, -0.05) is 13.0 Å². The van der Waals surface area contributed by atoms with Crippen molar-refractivity contribution in [3.05, 3.63) is 28.8 Å². The van der Waals surface area contributed by atoms with Crippen LogP contribution < -0.4 is 5.73 Å². The van der Waals surface area contributed by atoms with Crippen LogP contribution in [0.1, 0.15) is 43.4 Å². The van der Waals surface area contributed by atoms with Gasteiger partial charge in [0.2, 0.25) is 10.0 Å². The number of sulfonamides is 1. The van der Waals surface area contributed by atoms with E-state index in [9.17, 15) is 8.42 Å².